The van der Waals surface area contributed by atoms with Gasteiger partial charge in [-0.15, -0.1) is 0 Å². The Morgan fingerprint density at radius 2 is 2.05 bits per heavy atom. The van der Waals surface area contributed by atoms with Crippen LogP contribution < -0.4 is 5.73 Å². The zero-order valence-corrected chi connectivity index (χ0v) is 11.7. The highest BCUT2D eigenvalue weighted by Crippen LogP contribution is 2.28. The molecule has 0 spiro atoms. The van der Waals surface area contributed by atoms with E-state index in [1.54, 1.807) is 6.33 Å². The molecule has 3 aromatic heterocycles. The average molecular weight is 283 g/mol. The fourth-order valence-electron chi connectivity index (χ4n) is 3.02. The van der Waals surface area contributed by atoms with Crippen molar-refractivity contribution in [2.45, 2.75) is 38.3 Å². The predicted molar refractivity (Wildman–Crippen MR) is 78.6 cm³/mol. The summed E-state index contributed by atoms with van der Waals surface area (Å²) in [5.41, 5.74) is 8.21. The lowest BCUT2D eigenvalue weighted by molar-refractivity contribution is 0.462. The Labute approximate surface area is 121 Å². The number of anilines is 1. The Kier molecular flexibility index (Phi) is 2.83. The summed E-state index contributed by atoms with van der Waals surface area (Å²) in [5.74, 6) is 0.412. The highest BCUT2D eigenvalue weighted by Gasteiger charge is 2.17. The molecule has 0 bridgehead atoms. The summed E-state index contributed by atoms with van der Waals surface area (Å²) < 4.78 is 4.06. The van der Waals surface area contributed by atoms with Crippen LogP contribution in [0.5, 0.6) is 0 Å². The summed E-state index contributed by atoms with van der Waals surface area (Å²) in [6.07, 6.45) is 10.4. The van der Waals surface area contributed by atoms with E-state index in [1.165, 1.54) is 32.0 Å². The summed E-state index contributed by atoms with van der Waals surface area (Å²) in [6.45, 7) is 0.646. The number of fused-ring (bicyclic) bond motifs is 1. The molecule has 0 aromatic carbocycles. The molecule has 108 valence electrons. The fraction of sp³-hybridized carbons (Fsp3) is 0.429. The minimum atomic E-state index is 0.412. The fourth-order valence-corrected chi connectivity index (χ4v) is 3.02. The lowest BCUT2D eigenvalue weighted by Crippen LogP contribution is -2.07. The molecule has 3 aromatic rings. The normalized spacial score (nSPS) is 16.0. The van der Waals surface area contributed by atoms with Crippen LogP contribution in [0.15, 0.2) is 24.9 Å². The van der Waals surface area contributed by atoms with Gasteiger partial charge in [-0.3, -0.25) is 4.68 Å². The van der Waals surface area contributed by atoms with Crippen LogP contribution >= 0.6 is 0 Å². The number of rotatable bonds is 3. The van der Waals surface area contributed by atoms with Crippen LogP contribution in [0, 0.1) is 0 Å². The second-order valence-corrected chi connectivity index (χ2v) is 5.53. The Bertz CT molecular complexity index is 767. The first-order valence-electron chi connectivity index (χ1n) is 7.26. The van der Waals surface area contributed by atoms with Gasteiger partial charge in [-0.25, -0.2) is 15.0 Å². The second-order valence-electron chi connectivity index (χ2n) is 5.53. The van der Waals surface area contributed by atoms with Gasteiger partial charge in [-0.2, -0.15) is 5.10 Å². The van der Waals surface area contributed by atoms with Gasteiger partial charge in [0.05, 0.1) is 24.6 Å². The molecular formula is C14H17N7. The number of imidazole rings is 1. The molecule has 2 N–H and O–H groups in total. The number of aromatic nitrogens is 6. The Morgan fingerprint density at radius 1 is 1.19 bits per heavy atom. The molecule has 0 unspecified atom stereocenters. The Balaban J connectivity index is 1.61. The lowest BCUT2D eigenvalue weighted by Gasteiger charge is -2.08. The number of nitrogens with two attached hydrogens (primary N) is 1. The van der Waals surface area contributed by atoms with Crippen LogP contribution in [0.25, 0.3) is 11.2 Å². The molecular weight excluding hydrogens is 266 g/mol. The van der Waals surface area contributed by atoms with Crippen molar-refractivity contribution >= 4 is 17.0 Å². The van der Waals surface area contributed by atoms with Crippen LogP contribution in [0.1, 0.15) is 37.4 Å². The molecule has 4 rings (SSSR count). The maximum absolute atomic E-state index is 5.80. The zero-order valence-electron chi connectivity index (χ0n) is 11.7. The molecule has 7 nitrogen and oxygen atoms in total. The summed E-state index contributed by atoms with van der Waals surface area (Å²) >= 11 is 0. The van der Waals surface area contributed by atoms with Crippen molar-refractivity contribution in [3.05, 3.63) is 30.6 Å². The molecule has 0 saturated heterocycles. The SMILES string of the molecule is Nc1ncnc2c1ncn2Cc1ccn(C2CCCC2)n1. The maximum atomic E-state index is 5.80. The highest BCUT2D eigenvalue weighted by atomic mass is 15.3. The summed E-state index contributed by atoms with van der Waals surface area (Å²) in [4.78, 5) is 12.5. The molecule has 1 aliphatic rings. The van der Waals surface area contributed by atoms with E-state index in [4.69, 9.17) is 5.73 Å². The largest absolute Gasteiger partial charge is 0.382 e. The van der Waals surface area contributed by atoms with Gasteiger partial charge in [0.2, 0.25) is 0 Å². The van der Waals surface area contributed by atoms with Crippen LogP contribution in [-0.4, -0.2) is 29.3 Å². The van der Waals surface area contributed by atoms with Gasteiger partial charge < -0.3 is 10.3 Å². The molecule has 21 heavy (non-hydrogen) atoms. The minimum Gasteiger partial charge on any atom is -0.382 e. The molecule has 0 aliphatic heterocycles. The predicted octanol–water partition coefficient (Wildman–Crippen LogP) is 1.77. The molecule has 0 amide bonds. The Hall–Kier alpha value is -2.44. The van der Waals surface area contributed by atoms with E-state index in [9.17, 15) is 0 Å². The van der Waals surface area contributed by atoms with Crippen molar-refractivity contribution < 1.29 is 0 Å². The third kappa shape index (κ3) is 2.14. The van der Waals surface area contributed by atoms with Gasteiger partial charge in [0.1, 0.15) is 11.8 Å². The topological polar surface area (TPSA) is 87.4 Å². The van der Waals surface area contributed by atoms with E-state index in [0.717, 1.165) is 11.3 Å². The van der Waals surface area contributed by atoms with E-state index >= 15 is 0 Å². The van der Waals surface area contributed by atoms with Gasteiger partial charge in [-0.1, -0.05) is 12.8 Å². The van der Waals surface area contributed by atoms with Crippen LogP contribution in [0.2, 0.25) is 0 Å². The first kappa shape index (κ1) is 12.3. The van der Waals surface area contributed by atoms with Gasteiger partial charge in [0, 0.05) is 6.20 Å². The first-order valence-corrected chi connectivity index (χ1v) is 7.26. The van der Waals surface area contributed by atoms with Gasteiger partial charge in [0.25, 0.3) is 0 Å². The van der Waals surface area contributed by atoms with Crippen LogP contribution in [0.3, 0.4) is 0 Å². The van der Waals surface area contributed by atoms with Gasteiger partial charge in [0.15, 0.2) is 11.5 Å². The number of nitrogens with zero attached hydrogens (tertiary/aromatic N) is 6. The highest BCUT2D eigenvalue weighted by molar-refractivity contribution is 5.81. The van der Waals surface area contributed by atoms with Crippen molar-refractivity contribution in [3.8, 4) is 0 Å². The molecule has 3 heterocycles. The smallest absolute Gasteiger partial charge is 0.165 e. The van der Waals surface area contributed by atoms with Crippen LogP contribution in [0.4, 0.5) is 5.82 Å². The van der Waals surface area contributed by atoms with E-state index in [2.05, 4.69) is 37.0 Å². The Morgan fingerprint density at radius 3 is 2.90 bits per heavy atom. The summed E-state index contributed by atoms with van der Waals surface area (Å²) in [7, 11) is 0. The van der Waals surface area contributed by atoms with Crippen LogP contribution in [-0.2, 0) is 6.54 Å². The van der Waals surface area contributed by atoms with Gasteiger partial charge >= 0.3 is 0 Å². The van der Waals surface area contributed by atoms with E-state index in [0.29, 0.717) is 23.9 Å². The molecule has 0 atom stereocenters. The van der Waals surface area contributed by atoms with Crippen molar-refractivity contribution in [1.82, 2.24) is 29.3 Å². The lowest BCUT2D eigenvalue weighted by atomic mass is 10.3. The van der Waals surface area contributed by atoms with Crippen molar-refractivity contribution in [2.24, 2.45) is 0 Å². The monoisotopic (exact) mass is 283 g/mol. The third-order valence-corrected chi connectivity index (χ3v) is 4.12. The standard InChI is InChI=1S/C14H17N7/c15-13-12-14(17-8-16-13)20(9-18-12)7-10-5-6-21(19-10)11-3-1-2-4-11/h5-6,8-9,11H,1-4,7H2,(H2,15,16,17). The molecule has 1 fully saturated rings. The molecule has 0 radical (unpaired) electrons. The van der Waals surface area contributed by atoms with E-state index in [1.807, 2.05) is 4.57 Å². The van der Waals surface area contributed by atoms with Crippen molar-refractivity contribution in [2.75, 3.05) is 5.73 Å². The quantitative estimate of drug-likeness (QED) is 0.791. The third-order valence-electron chi connectivity index (χ3n) is 4.12. The molecule has 1 saturated carbocycles. The maximum Gasteiger partial charge on any atom is 0.165 e. The second kappa shape index (κ2) is 4.83. The first-order chi connectivity index (χ1) is 10.3. The molecule has 1 aliphatic carbocycles. The van der Waals surface area contributed by atoms with E-state index in [-0.39, 0.29) is 0 Å². The minimum absolute atomic E-state index is 0.412. The number of hydrogen-bond acceptors (Lipinski definition) is 5. The van der Waals surface area contributed by atoms with Crippen molar-refractivity contribution in [1.29, 1.82) is 0 Å². The molecule has 7 heteroatoms. The van der Waals surface area contributed by atoms with Gasteiger partial charge in [-0.05, 0) is 18.9 Å². The number of nitrogen functional groups attached to an aromatic ring is 1. The zero-order chi connectivity index (χ0) is 14.2. The average Bonchev–Trinajstić information content (AvgIpc) is 3.20. The van der Waals surface area contributed by atoms with E-state index < -0.39 is 0 Å². The summed E-state index contributed by atoms with van der Waals surface area (Å²) in [5, 5.41) is 4.69. The number of hydrogen-bond donors (Lipinski definition) is 1. The summed E-state index contributed by atoms with van der Waals surface area (Å²) in [6, 6.07) is 2.63. The van der Waals surface area contributed by atoms with Crippen molar-refractivity contribution in [3.63, 3.8) is 0 Å².